The number of thiazole rings is 1. The minimum Gasteiger partial charge on any atom is -0.342 e. The van der Waals surface area contributed by atoms with Gasteiger partial charge in [0, 0.05) is 29.2 Å². The second-order valence-electron chi connectivity index (χ2n) is 6.47. The fourth-order valence-electron chi connectivity index (χ4n) is 2.76. The molecular weight excluding hydrogens is 372 g/mol. The van der Waals surface area contributed by atoms with Crippen LogP contribution in [-0.2, 0) is 11.2 Å². The number of urea groups is 1. The van der Waals surface area contributed by atoms with E-state index in [1.54, 1.807) is 24.3 Å². The minimum absolute atomic E-state index is 0.0966. The second-order valence-corrected chi connectivity index (χ2v) is 7.76. The molecule has 2 aromatic rings. The van der Waals surface area contributed by atoms with Crippen LogP contribution in [-0.4, -0.2) is 34.9 Å². The molecule has 2 heterocycles. The molecule has 3 amide bonds. The van der Waals surface area contributed by atoms with Gasteiger partial charge < -0.3 is 10.2 Å². The molecular formula is C18H21ClN4O2S. The maximum atomic E-state index is 12.4. The van der Waals surface area contributed by atoms with Crippen LogP contribution in [0.25, 0.3) is 0 Å². The van der Waals surface area contributed by atoms with E-state index in [4.69, 9.17) is 11.6 Å². The van der Waals surface area contributed by atoms with Crippen molar-refractivity contribution in [3.05, 3.63) is 40.4 Å². The van der Waals surface area contributed by atoms with E-state index in [1.165, 1.54) is 11.3 Å². The first kappa shape index (κ1) is 18.7. The zero-order valence-electron chi connectivity index (χ0n) is 14.5. The summed E-state index contributed by atoms with van der Waals surface area (Å²) in [7, 11) is 0. The van der Waals surface area contributed by atoms with E-state index in [-0.39, 0.29) is 18.4 Å². The van der Waals surface area contributed by atoms with E-state index in [0.29, 0.717) is 27.5 Å². The molecule has 0 atom stereocenters. The van der Waals surface area contributed by atoms with E-state index in [9.17, 15) is 9.59 Å². The Morgan fingerprint density at radius 3 is 2.62 bits per heavy atom. The average molecular weight is 393 g/mol. The fraction of sp³-hybridized carbons (Fsp3) is 0.389. The number of nitrogens with zero attached hydrogens (tertiary/aromatic N) is 2. The predicted molar refractivity (Wildman–Crippen MR) is 105 cm³/mol. The molecule has 3 rings (SSSR count). The largest absolute Gasteiger partial charge is 0.342 e. The molecule has 0 unspecified atom stereocenters. The SMILES string of the molecule is CC1CCN(C(=O)Cc2csc(NC(=O)Nc3ccc(Cl)cc3)n2)CC1. The van der Waals surface area contributed by atoms with Crippen molar-refractivity contribution in [2.45, 2.75) is 26.2 Å². The lowest BCUT2D eigenvalue weighted by molar-refractivity contribution is -0.131. The van der Waals surface area contributed by atoms with Gasteiger partial charge in [0.25, 0.3) is 0 Å². The van der Waals surface area contributed by atoms with Crippen molar-refractivity contribution < 1.29 is 9.59 Å². The highest BCUT2D eigenvalue weighted by atomic mass is 35.5. The van der Waals surface area contributed by atoms with Gasteiger partial charge in [0.1, 0.15) is 0 Å². The number of carbonyl (C=O) groups is 2. The molecule has 6 nitrogen and oxygen atoms in total. The van der Waals surface area contributed by atoms with Gasteiger partial charge in [0.15, 0.2) is 5.13 Å². The van der Waals surface area contributed by atoms with Crippen LogP contribution in [0.4, 0.5) is 15.6 Å². The zero-order chi connectivity index (χ0) is 18.5. The van der Waals surface area contributed by atoms with Crippen molar-refractivity contribution in [1.82, 2.24) is 9.88 Å². The van der Waals surface area contributed by atoms with Crippen molar-refractivity contribution in [1.29, 1.82) is 0 Å². The maximum absolute atomic E-state index is 12.4. The maximum Gasteiger partial charge on any atom is 0.325 e. The third kappa shape index (κ3) is 5.19. The van der Waals surface area contributed by atoms with Crippen molar-refractivity contribution in [3.63, 3.8) is 0 Å². The van der Waals surface area contributed by atoms with Crippen molar-refractivity contribution in [2.24, 2.45) is 5.92 Å². The molecule has 8 heteroatoms. The molecule has 0 aliphatic carbocycles. The molecule has 1 aromatic carbocycles. The summed E-state index contributed by atoms with van der Waals surface area (Å²) in [6.45, 7) is 3.85. The zero-order valence-corrected chi connectivity index (χ0v) is 16.1. The van der Waals surface area contributed by atoms with E-state index in [2.05, 4.69) is 22.5 Å². The predicted octanol–water partition coefficient (Wildman–Crippen LogP) is 4.24. The molecule has 0 radical (unpaired) electrons. The number of hydrogen-bond acceptors (Lipinski definition) is 4. The molecule has 1 aliphatic rings. The topological polar surface area (TPSA) is 74.3 Å². The minimum atomic E-state index is -0.385. The Morgan fingerprint density at radius 1 is 1.23 bits per heavy atom. The summed E-state index contributed by atoms with van der Waals surface area (Å²) in [5, 5.41) is 8.27. The molecule has 1 fully saturated rings. The summed E-state index contributed by atoms with van der Waals surface area (Å²) in [4.78, 5) is 30.6. The number of piperidine rings is 1. The highest BCUT2D eigenvalue weighted by molar-refractivity contribution is 7.14. The first-order valence-corrected chi connectivity index (χ1v) is 9.81. The fourth-order valence-corrected chi connectivity index (χ4v) is 3.59. The molecule has 1 aromatic heterocycles. The van der Waals surface area contributed by atoms with Gasteiger partial charge in [-0.15, -0.1) is 11.3 Å². The van der Waals surface area contributed by atoms with Crippen molar-refractivity contribution >= 4 is 45.7 Å². The van der Waals surface area contributed by atoms with Gasteiger partial charge in [0.2, 0.25) is 5.91 Å². The lowest BCUT2D eigenvalue weighted by Crippen LogP contribution is -2.38. The van der Waals surface area contributed by atoms with Crippen LogP contribution in [0.5, 0.6) is 0 Å². The highest BCUT2D eigenvalue weighted by Crippen LogP contribution is 2.20. The number of rotatable bonds is 4. The monoisotopic (exact) mass is 392 g/mol. The molecule has 0 bridgehead atoms. The van der Waals surface area contributed by atoms with Gasteiger partial charge in [0.05, 0.1) is 12.1 Å². The summed E-state index contributed by atoms with van der Waals surface area (Å²) in [6.07, 6.45) is 2.38. The molecule has 26 heavy (non-hydrogen) atoms. The molecule has 2 N–H and O–H groups in total. The van der Waals surface area contributed by atoms with E-state index >= 15 is 0 Å². The smallest absolute Gasteiger partial charge is 0.325 e. The van der Waals surface area contributed by atoms with Crippen LogP contribution in [0.3, 0.4) is 0 Å². The number of nitrogens with one attached hydrogen (secondary N) is 2. The Kier molecular flexibility index (Phi) is 6.11. The number of hydrogen-bond donors (Lipinski definition) is 2. The van der Waals surface area contributed by atoms with E-state index in [1.807, 2.05) is 10.3 Å². The number of likely N-dealkylation sites (tertiary alicyclic amines) is 1. The third-order valence-corrected chi connectivity index (χ3v) is 5.40. The Labute approximate surface area is 161 Å². The van der Waals surface area contributed by atoms with Gasteiger partial charge in [-0.05, 0) is 43.0 Å². The summed E-state index contributed by atoms with van der Waals surface area (Å²) >= 11 is 7.12. The third-order valence-electron chi connectivity index (χ3n) is 4.34. The lowest BCUT2D eigenvalue weighted by atomic mass is 9.99. The van der Waals surface area contributed by atoms with Crippen molar-refractivity contribution in [3.8, 4) is 0 Å². The van der Waals surface area contributed by atoms with Crippen molar-refractivity contribution in [2.75, 3.05) is 23.7 Å². The highest BCUT2D eigenvalue weighted by Gasteiger charge is 2.21. The van der Waals surface area contributed by atoms with Gasteiger partial charge in [-0.3, -0.25) is 10.1 Å². The second kappa shape index (κ2) is 8.51. The number of halogens is 1. The first-order valence-electron chi connectivity index (χ1n) is 8.55. The Balaban J connectivity index is 1.50. The average Bonchev–Trinajstić information content (AvgIpc) is 3.04. The normalized spacial score (nSPS) is 14.9. The van der Waals surface area contributed by atoms with Crippen LogP contribution < -0.4 is 10.6 Å². The van der Waals surface area contributed by atoms with Crippen LogP contribution in [0, 0.1) is 5.92 Å². The van der Waals surface area contributed by atoms with Crippen LogP contribution in [0.15, 0.2) is 29.6 Å². The molecule has 0 saturated carbocycles. The number of amides is 3. The van der Waals surface area contributed by atoms with Gasteiger partial charge in [-0.2, -0.15) is 0 Å². The number of anilines is 2. The van der Waals surface area contributed by atoms with E-state index < -0.39 is 0 Å². The Hall–Kier alpha value is -2.12. The van der Waals surface area contributed by atoms with Gasteiger partial charge in [-0.1, -0.05) is 18.5 Å². The first-order chi connectivity index (χ1) is 12.5. The summed E-state index contributed by atoms with van der Waals surface area (Å²) in [6, 6.07) is 6.45. The number of aromatic nitrogens is 1. The van der Waals surface area contributed by atoms with Crippen LogP contribution in [0.1, 0.15) is 25.5 Å². The van der Waals surface area contributed by atoms with Crippen LogP contribution >= 0.6 is 22.9 Å². The molecule has 138 valence electrons. The molecule has 1 saturated heterocycles. The standard InChI is InChI=1S/C18H21ClN4O2S/c1-12-6-8-23(9-7-12)16(24)10-15-11-26-18(21-15)22-17(25)20-14-4-2-13(19)3-5-14/h2-5,11-12H,6-10H2,1H3,(H2,20,21,22,25). The summed E-state index contributed by atoms with van der Waals surface area (Å²) in [5.41, 5.74) is 1.32. The Bertz CT molecular complexity index is 770. The van der Waals surface area contributed by atoms with Gasteiger partial charge in [-0.25, -0.2) is 9.78 Å². The van der Waals surface area contributed by atoms with Crippen LogP contribution in [0.2, 0.25) is 5.02 Å². The number of benzene rings is 1. The Morgan fingerprint density at radius 2 is 1.92 bits per heavy atom. The lowest BCUT2D eigenvalue weighted by Gasteiger charge is -2.30. The molecule has 1 aliphatic heterocycles. The molecule has 0 spiro atoms. The summed E-state index contributed by atoms with van der Waals surface area (Å²) < 4.78 is 0. The van der Waals surface area contributed by atoms with E-state index in [0.717, 1.165) is 25.9 Å². The van der Waals surface area contributed by atoms with Gasteiger partial charge >= 0.3 is 6.03 Å². The quantitative estimate of drug-likeness (QED) is 0.817. The number of carbonyl (C=O) groups excluding carboxylic acids is 2. The summed E-state index contributed by atoms with van der Waals surface area (Å²) in [5.74, 6) is 0.785.